The summed E-state index contributed by atoms with van der Waals surface area (Å²) in [5.41, 5.74) is 4.34. The maximum atomic E-state index is 11.0. The van der Waals surface area contributed by atoms with Crippen LogP contribution in [0.5, 0.6) is 5.88 Å². The molecule has 0 aliphatic carbocycles. The number of hydrogen-bond donors (Lipinski definition) is 1. The lowest BCUT2D eigenvalue weighted by Crippen LogP contribution is -2.19. The summed E-state index contributed by atoms with van der Waals surface area (Å²) in [6.45, 7) is 15.1. The van der Waals surface area contributed by atoms with Gasteiger partial charge in [0, 0.05) is 11.4 Å². The number of hydrogen-bond acceptors (Lipinski definition) is 3. The van der Waals surface area contributed by atoms with Crippen LogP contribution >= 0.6 is 0 Å². The minimum Gasteiger partial charge on any atom is -0.494 e. The number of ether oxygens (including phenoxy) is 1. The molecule has 1 aromatic heterocycles. The third-order valence-electron chi connectivity index (χ3n) is 5.64. The highest BCUT2D eigenvalue weighted by atomic mass is 16.5. The molecule has 1 N–H and O–H groups in total. The molecule has 1 aliphatic rings. The fourth-order valence-corrected chi connectivity index (χ4v) is 3.55. The van der Waals surface area contributed by atoms with Gasteiger partial charge in [0.2, 0.25) is 5.88 Å². The van der Waals surface area contributed by atoms with Crippen LogP contribution in [0, 0.1) is 11.3 Å². The number of nitrogens with zero attached hydrogens (tertiary/aromatic N) is 2. The first kappa shape index (κ1) is 19.0. The Balaban J connectivity index is 2.13. The van der Waals surface area contributed by atoms with Crippen LogP contribution in [0.2, 0.25) is 0 Å². The van der Waals surface area contributed by atoms with Gasteiger partial charge in [0.05, 0.1) is 36.6 Å². The molecule has 0 spiro atoms. The molecule has 4 nitrogen and oxygen atoms in total. The molecule has 0 saturated heterocycles. The zero-order valence-corrected chi connectivity index (χ0v) is 17.0. The van der Waals surface area contributed by atoms with E-state index in [1.165, 1.54) is 5.56 Å². The third kappa shape index (κ3) is 3.52. The van der Waals surface area contributed by atoms with E-state index in [2.05, 4.69) is 64.7 Å². The van der Waals surface area contributed by atoms with Crippen LogP contribution in [0.4, 0.5) is 0 Å². The van der Waals surface area contributed by atoms with Crippen molar-refractivity contribution >= 4 is 16.6 Å². The summed E-state index contributed by atoms with van der Waals surface area (Å²) in [4.78, 5) is 4.63. The van der Waals surface area contributed by atoms with Crippen molar-refractivity contribution in [1.29, 1.82) is 0 Å². The van der Waals surface area contributed by atoms with E-state index in [1.54, 1.807) is 0 Å². The van der Waals surface area contributed by atoms with Gasteiger partial charge in [-0.25, -0.2) is 0 Å². The van der Waals surface area contributed by atoms with Crippen LogP contribution in [0.15, 0.2) is 23.2 Å². The van der Waals surface area contributed by atoms with Gasteiger partial charge in [-0.05, 0) is 49.3 Å². The second-order valence-corrected chi connectivity index (χ2v) is 8.87. The van der Waals surface area contributed by atoms with Gasteiger partial charge < -0.3 is 14.4 Å². The number of aliphatic imine (C=N–C) groups is 1. The fraction of sp³-hybridized carbons (Fsp3) is 0.591. The van der Waals surface area contributed by atoms with Gasteiger partial charge in [0.25, 0.3) is 0 Å². The van der Waals surface area contributed by atoms with Crippen LogP contribution in [-0.2, 0) is 11.2 Å². The molecule has 0 fully saturated rings. The first-order valence-electron chi connectivity index (χ1n) is 9.67. The first-order valence-corrected chi connectivity index (χ1v) is 9.67. The van der Waals surface area contributed by atoms with E-state index in [4.69, 9.17) is 4.74 Å². The molecular formula is C22H32N2O2. The highest BCUT2D eigenvalue weighted by Crippen LogP contribution is 2.37. The lowest BCUT2D eigenvalue weighted by molar-refractivity contribution is 0.171. The molecule has 3 rings (SSSR count). The zero-order chi connectivity index (χ0) is 19.1. The Kier molecular flexibility index (Phi) is 5.16. The van der Waals surface area contributed by atoms with E-state index >= 15 is 0 Å². The van der Waals surface area contributed by atoms with Crippen molar-refractivity contribution in [2.75, 3.05) is 19.8 Å². The number of rotatable bonds is 4. The molecule has 0 amide bonds. The molecule has 26 heavy (non-hydrogen) atoms. The summed E-state index contributed by atoms with van der Waals surface area (Å²) in [5.74, 6) is 0.875. The molecule has 0 saturated carbocycles. The molecule has 0 radical (unpaired) electrons. The van der Waals surface area contributed by atoms with Crippen molar-refractivity contribution in [3.8, 4) is 5.88 Å². The number of aromatic nitrogens is 1. The summed E-state index contributed by atoms with van der Waals surface area (Å²) < 4.78 is 7.60. The average molecular weight is 357 g/mol. The Bertz CT molecular complexity index is 825. The monoisotopic (exact) mass is 356 g/mol. The maximum Gasteiger partial charge on any atom is 0.201 e. The Morgan fingerprint density at radius 2 is 1.96 bits per heavy atom. The third-order valence-corrected chi connectivity index (χ3v) is 5.64. The summed E-state index contributed by atoms with van der Waals surface area (Å²) in [7, 11) is 0. The van der Waals surface area contributed by atoms with Gasteiger partial charge in [-0.2, -0.15) is 0 Å². The molecule has 2 aromatic rings. The molecule has 142 valence electrons. The molecule has 4 heteroatoms. The summed E-state index contributed by atoms with van der Waals surface area (Å²) in [5, 5.41) is 12.0. The van der Waals surface area contributed by atoms with Crippen LogP contribution in [-0.4, -0.2) is 35.1 Å². The van der Waals surface area contributed by atoms with E-state index in [1.807, 2.05) is 4.57 Å². The van der Waals surface area contributed by atoms with Crippen LogP contribution in [0.3, 0.4) is 0 Å². The standard InChI is InChI=1S/C22H32N2O2/c1-14(2)24-19-8-7-16(11-15(3)22(4,5)6)12-17(19)20(21(24)25)18-13-26-10-9-23-18/h7-8,12,14-15,25H,9-11,13H2,1-6H3. The van der Waals surface area contributed by atoms with Gasteiger partial charge >= 0.3 is 0 Å². The molecule has 1 aromatic carbocycles. The molecule has 2 heterocycles. The molecular weight excluding hydrogens is 324 g/mol. The van der Waals surface area contributed by atoms with Crippen molar-refractivity contribution in [3.63, 3.8) is 0 Å². The molecule has 0 bridgehead atoms. The fourth-order valence-electron chi connectivity index (χ4n) is 3.55. The van der Waals surface area contributed by atoms with Crippen molar-refractivity contribution in [3.05, 3.63) is 29.3 Å². The van der Waals surface area contributed by atoms with Crippen molar-refractivity contribution in [1.82, 2.24) is 4.57 Å². The van der Waals surface area contributed by atoms with Crippen molar-refractivity contribution < 1.29 is 9.84 Å². The Morgan fingerprint density at radius 1 is 1.23 bits per heavy atom. The lowest BCUT2D eigenvalue weighted by atomic mass is 9.78. The predicted octanol–water partition coefficient (Wildman–Crippen LogP) is 4.97. The van der Waals surface area contributed by atoms with Gasteiger partial charge in [-0.15, -0.1) is 0 Å². The SMILES string of the molecule is CC(C)n1c(O)c(C2=NCCOC2)c2cc(CC(C)C(C)(C)C)ccc21. The molecule has 1 atom stereocenters. The topological polar surface area (TPSA) is 46.8 Å². The predicted molar refractivity (Wildman–Crippen MR) is 109 cm³/mol. The minimum atomic E-state index is 0.177. The summed E-state index contributed by atoms with van der Waals surface area (Å²) in [6, 6.07) is 6.76. The van der Waals surface area contributed by atoms with Crippen LogP contribution < -0.4 is 0 Å². The normalized spacial score (nSPS) is 17.0. The van der Waals surface area contributed by atoms with Gasteiger partial charge in [-0.3, -0.25) is 4.99 Å². The molecule has 1 unspecified atom stereocenters. The Morgan fingerprint density at radius 3 is 2.54 bits per heavy atom. The quantitative estimate of drug-likeness (QED) is 0.840. The Labute approximate surface area is 156 Å². The van der Waals surface area contributed by atoms with Crippen molar-refractivity contribution in [2.24, 2.45) is 16.3 Å². The second kappa shape index (κ2) is 7.07. The van der Waals surface area contributed by atoms with Gasteiger partial charge in [-0.1, -0.05) is 33.8 Å². The Hall–Kier alpha value is -1.81. The summed E-state index contributed by atoms with van der Waals surface area (Å²) >= 11 is 0. The second-order valence-electron chi connectivity index (χ2n) is 8.87. The smallest absolute Gasteiger partial charge is 0.201 e. The average Bonchev–Trinajstić information content (AvgIpc) is 2.86. The van der Waals surface area contributed by atoms with Gasteiger partial charge in [0.15, 0.2) is 0 Å². The van der Waals surface area contributed by atoms with E-state index in [-0.39, 0.29) is 11.5 Å². The van der Waals surface area contributed by atoms with Crippen LogP contribution in [0.25, 0.3) is 10.9 Å². The minimum absolute atomic E-state index is 0.177. The van der Waals surface area contributed by atoms with E-state index in [0.717, 1.165) is 28.6 Å². The molecule has 1 aliphatic heterocycles. The first-order chi connectivity index (χ1) is 12.2. The highest BCUT2D eigenvalue weighted by Gasteiger charge is 2.25. The van der Waals surface area contributed by atoms with Crippen molar-refractivity contribution in [2.45, 2.75) is 54.0 Å². The maximum absolute atomic E-state index is 11.0. The van der Waals surface area contributed by atoms with E-state index in [0.29, 0.717) is 31.6 Å². The zero-order valence-electron chi connectivity index (χ0n) is 17.0. The number of fused-ring (bicyclic) bond motifs is 1. The largest absolute Gasteiger partial charge is 0.494 e. The summed E-state index contributed by atoms with van der Waals surface area (Å²) in [6.07, 6.45) is 1.02. The van der Waals surface area contributed by atoms with Crippen LogP contribution in [0.1, 0.15) is 58.7 Å². The van der Waals surface area contributed by atoms with E-state index in [9.17, 15) is 5.11 Å². The number of aromatic hydroxyl groups is 1. The number of benzene rings is 1. The lowest BCUT2D eigenvalue weighted by Gasteiger charge is -2.27. The highest BCUT2D eigenvalue weighted by molar-refractivity contribution is 6.14. The van der Waals surface area contributed by atoms with E-state index < -0.39 is 0 Å². The van der Waals surface area contributed by atoms with Gasteiger partial charge in [0.1, 0.15) is 0 Å².